The number of hydrogen-bond donors (Lipinski definition) is 2. The highest BCUT2D eigenvalue weighted by atomic mass is 35.5. The largest absolute Gasteiger partial charge is 0.450 e. The van der Waals surface area contributed by atoms with E-state index < -0.39 is 12.1 Å². The minimum atomic E-state index is -0.443. The smallest absolute Gasteiger partial charge is 0.410 e. The molecule has 3 heterocycles. The van der Waals surface area contributed by atoms with Crippen molar-refractivity contribution in [3.05, 3.63) is 69.9 Å². The third-order valence-corrected chi connectivity index (χ3v) is 7.30. The van der Waals surface area contributed by atoms with Gasteiger partial charge in [0.15, 0.2) is 0 Å². The molecule has 2 aliphatic rings. The maximum Gasteiger partial charge on any atom is 0.410 e. The highest BCUT2D eigenvalue weighted by Gasteiger charge is 2.35. The number of morpholine rings is 1. The lowest BCUT2D eigenvalue weighted by atomic mass is 9.92. The Morgan fingerprint density at radius 1 is 1.19 bits per heavy atom. The fourth-order valence-corrected chi connectivity index (χ4v) is 5.37. The molecule has 1 saturated heterocycles. The molecular formula is C27H32ClN5O4. The summed E-state index contributed by atoms with van der Waals surface area (Å²) in [6, 6.07) is 12.6. The van der Waals surface area contributed by atoms with Gasteiger partial charge in [0.05, 0.1) is 26.4 Å². The van der Waals surface area contributed by atoms with Gasteiger partial charge in [0, 0.05) is 53.4 Å². The van der Waals surface area contributed by atoms with Crippen LogP contribution in [0.15, 0.2) is 42.5 Å². The topological polar surface area (TPSA) is 104 Å². The molecule has 1 fully saturated rings. The first-order valence-electron chi connectivity index (χ1n) is 12.7. The first kappa shape index (κ1) is 25.5. The van der Waals surface area contributed by atoms with E-state index in [1.807, 2.05) is 36.4 Å². The van der Waals surface area contributed by atoms with Crippen molar-refractivity contribution in [3.63, 3.8) is 0 Å². The summed E-state index contributed by atoms with van der Waals surface area (Å²) < 4.78 is 10.8. The Bertz CT molecular complexity index is 1290. The van der Waals surface area contributed by atoms with Gasteiger partial charge in [-0.25, -0.2) is 10.6 Å². The highest BCUT2D eigenvalue weighted by molar-refractivity contribution is 6.31. The van der Waals surface area contributed by atoms with Crippen LogP contribution in [0.5, 0.6) is 0 Å². The van der Waals surface area contributed by atoms with Gasteiger partial charge in [-0.2, -0.15) is 0 Å². The van der Waals surface area contributed by atoms with Crippen LogP contribution in [-0.2, 0) is 15.9 Å². The summed E-state index contributed by atoms with van der Waals surface area (Å²) in [6.45, 7) is 6.71. The molecule has 0 bridgehead atoms. The molecule has 1 aromatic heterocycles. The third kappa shape index (κ3) is 5.31. The van der Waals surface area contributed by atoms with E-state index >= 15 is 0 Å². The van der Waals surface area contributed by atoms with E-state index in [4.69, 9.17) is 26.9 Å². The average Bonchev–Trinajstić information content (AvgIpc) is 3.29. The van der Waals surface area contributed by atoms with Crippen LogP contribution < -0.4 is 5.84 Å². The zero-order chi connectivity index (χ0) is 25.9. The molecule has 10 heteroatoms. The van der Waals surface area contributed by atoms with Crippen LogP contribution in [0.25, 0.3) is 10.9 Å². The number of aromatic amines is 1. The zero-order valence-corrected chi connectivity index (χ0v) is 21.7. The molecule has 0 saturated carbocycles. The number of rotatable bonds is 6. The van der Waals surface area contributed by atoms with Crippen LogP contribution in [0.4, 0.5) is 4.79 Å². The van der Waals surface area contributed by atoms with E-state index in [0.717, 1.165) is 40.8 Å². The zero-order valence-electron chi connectivity index (χ0n) is 20.9. The molecular weight excluding hydrogens is 494 g/mol. The third-order valence-electron chi connectivity index (χ3n) is 7.06. The number of carbonyl (C=O) groups is 2. The van der Waals surface area contributed by atoms with Gasteiger partial charge in [0.2, 0.25) is 0 Å². The van der Waals surface area contributed by atoms with Gasteiger partial charge in [0.1, 0.15) is 6.04 Å². The van der Waals surface area contributed by atoms with Gasteiger partial charge in [-0.05, 0) is 54.8 Å². The van der Waals surface area contributed by atoms with E-state index in [0.29, 0.717) is 49.9 Å². The molecule has 1 unspecified atom stereocenters. The Morgan fingerprint density at radius 2 is 2.00 bits per heavy atom. The number of carbonyl (C=O) groups excluding carboxylic acids is 2. The first-order chi connectivity index (χ1) is 18.0. The predicted molar refractivity (Wildman–Crippen MR) is 142 cm³/mol. The number of H-pyrrole nitrogens is 1. The van der Waals surface area contributed by atoms with Gasteiger partial charge in [-0.15, -0.1) is 0 Å². The van der Waals surface area contributed by atoms with Crippen LogP contribution in [0.3, 0.4) is 0 Å². The minimum Gasteiger partial charge on any atom is -0.450 e. The van der Waals surface area contributed by atoms with Crippen LogP contribution in [-0.4, -0.2) is 84.3 Å². The molecule has 37 heavy (non-hydrogen) atoms. The number of benzene rings is 2. The van der Waals surface area contributed by atoms with E-state index in [1.54, 1.807) is 17.9 Å². The Kier molecular flexibility index (Phi) is 7.66. The minimum absolute atomic E-state index is 0.266. The number of nitrogens with zero attached hydrogens (tertiary/aromatic N) is 3. The summed E-state index contributed by atoms with van der Waals surface area (Å²) in [6.07, 6.45) is 0.277. The quantitative estimate of drug-likeness (QED) is 0.290. The summed E-state index contributed by atoms with van der Waals surface area (Å²) in [5.74, 6) is 5.91. The van der Waals surface area contributed by atoms with Crippen molar-refractivity contribution in [3.8, 4) is 0 Å². The predicted octanol–water partition coefficient (Wildman–Crippen LogP) is 3.57. The molecule has 2 amide bonds. The van der Waals surface area contributed by atoms with Crippen molar-refractivity contribution in [2.24, 2.45) is 5.84 Å². The number of aromatic nitrogens is 1. The van der Waals surface area contributed by atoms with Crippen LogP contribution in [0, 0.1) is 0 Å². The molecule has 2 aromatic carbocycles. The molecule has 2 aliphatic heterocycles. The number of ether oxygens (including phenoxy) is 2. The molecule has 0 aliphatic carbocycles. The van der Waals surface area contributed by atoms with Crippen LogP contribution in [0.1, 0.15) is 40.1 Å². The molecule has 3 aromatic rings. The van der Waals surface area contributed by atoms with E-state index in [9.17, 15) is 9.59 Å². The number of fused-ring (bicyclic) bond motifs is 3. The van der Waals surface area contributed by atoms with Crippen molar-refractivity contribution >= 4 is 34.5 Å². The van der Waals surface area contributed by atoms with Crippen molar-refractivity contribution < 1.29 is 19.1 Å². The number of hydrazine groups is 1. The number of halogens is 1. The normalized spacial score (nSPS) is 18.0. The Hall–Kier alpha value is -3.11. The van der Waals surface area contributed by atoms with Crippen molar-refractivity contribution in [1.82, 2.24) is 19.8 Å². The second-order valence-electron chi connectivity index (χ2n) is 9.33. The summed E-state index contributed by atoms with van der Waals surface area (Å²) in [7, 11) is 0. The van der Waals surface area contributed by atoms with Gasteiger partial charge < -0.3 is 14.5 Å². The number of hydrogen-bond acceptors (Lipinski definition) is 6. The van der Waals surface area contributed by atoms with Gasteiger partial charge in [-0.1, -0.05) is 23.7 Å². The molecule has 0 spiro atoms. The van der Waals surface area contributed by atoms with E-state index in [-0.39, 0.29) is 12.5 Å². The second kappa shape index (κ2) is 11.1. The lowest BCUT2D eigenvalue weighted by Gasteiger charge is -2.35. The monoisotopic (exact) mass is 525 g/mol. The molecule has 196 valence electrons. The molecule has 3 N–H and O–H groups in total. The number of nitrogens with one attached hydrogen (secondary N) is 1. The summed E-state index contributed by atoms with van der Waals surface area (Å²) in [5.41, 5.74) is 4.24. The fourth-order valence-electron chi connectivity index (χ4n) is 5.19. The van der Waals surface area contributed by atoms with Gasteiger partial charge in [-0.3, -0.25) is 19.6 Å². The Labute approximate surface area is 221 Å². The van der Waals surface area contributed by atoms with E-state index in [1.165, 1.54) is 5.01 Å². The van der Waals surface area contributed by atoms with E-state index in [2.05, 4.69) is 9.88 Å². The molecule has 9 nitrogen and oxygen atoms in total. The maximum atomic E-state index is 13.2. The highest BCUT2D eigenvalue weighted by Crippen LogP contribution is 2.39. The Morgan fingerprint density at radius 3 is 2.78 bits per heavy atom. The lowest BCUT2D eigenvalue weighted by molar-refractivity contribution is 0.0324. The lowest BCUT2D eigenvalue weighted by Crippen LogP contribution is -2.45. The maximum absolute atomic E-state index is 13.2. The summed E-state index contributed by atoms with van der Waals surface area (Å²) in [4.78, 5) is 33.7. The molecule has 0 radical (unpaired) electrons. The van der Waals surface area contributed by atoms with Gasteiger partial charge in [0.25, 0.3) is 5.91 Å². The summed E-state index contributed by atoms with van der Waals surface area (Å²) in [5, 5.41) is 2.96. The van der Waals surface area contributed by atoms with Crippen LogP contribution in [0.2, 0.25) is 5.02 Å². The fraction of sp³-hybridized carbons (Fsp3) is 0.407. The molecule has 1 atom stereocenters. The standard InChI is InChI=1S/C27H32ClN5O4/c1-2-37-27(35)32-9-8-21-22-17-20(28)6-7-23(22)30-24(21)25(32)18-4-3-5-19(16-18)26(34)33(29)11-10-31-12-14-36-15-13-31/h3-7,16-17,25,30H,2,8-15,29H2,1H3. The van der Waals surface area contributed by atoms with Crippen molar-refractivity contribution in [2.75, 3.05) is 52.5 Å². The Balaban J connectivity index is 1.45. The van der Waals surface area contributed by atoms with Crippen molar-refractivity contribution in [2.45, 2.75) is 19.4 Å². The second-order valence-corrected chi connectivity index (χ2v) is 9.77. The number of nitrogens with two attached hydrogens (primary N) is 1. The first-order valence-corrected chi connectivity index (χ1v) is 13.0. The van der Waals surface area contributed by atoms with Crippen LogP contribution >= 0.6 is 11.6 Å². The average molecular weight is 526 g/mol. The molecule has 5 rings (SSSR count). The van der Waals surface area contributed by atoms with Crippen molar-refractivity contribution in [1.29, 1.82) is 0 Å². The number of amides is 2. The SMILES string of the molecule is CCOC(=O)N1CCc2c([nH]c3ccc(Cl)cc23)C1c1cccc(C(=O)N(N)CCN2CCOCC2)c1. The van der Waals surface area contributed by atoms with Gasteiger partial charge >= 0.3 is 6.09 Å². The summed E-state index contributed by atoms with van der Waals surface area (Å²) >= 11 is 6.29.